The zero-order valence-corrected chi connectivity index (χ0v) is 24.3. The third-order valence-electron chi connectivity index (χ3n) is 7.15. The summed E-state index contributed by atoms with van der Waals surface area (Å²) in [6.45, 7) is 3.80. The number of halogens is 1. The Morgan fingerprint density at radius 3 is 2.11 bits per heavy atom. The highest BCUT2D eigenvalue weighted by atomic mass is 19.1. The van der Waals surface area contributed by atoms with Gasteiger partial charge in [0.05, 0.1) is 24.2 Å². The molecule has 4 rings (SSSR count). The number of pyridine rings is 1. The molecule has 0 saturated heterocycles. The smallest absolute Gasteiger partial charge is 0.337 e. The van der Waals surface area contributed by atoms with Crippen LogP contribution in [-0.2, 0) is 11.2 Å². The number of nitrogens with one attached hydrogen (secondary N) is 1. The number of anilines is 1. The van der Waals surface area contributed by atoms with Gasteiger partial charge in [-0.1, -0.05) is 42.5 Å². The van der Waals surface area contributed by atoms with E-state index in [2.05, 4.69) is 10.3 Å². The molecule has 5 N–H and O–H groups in total. The molecule has 0 fully saturated rings. The largest absolute Gasteiger partial charge is 0.481 e. The fourth-order valence-corrected chi connectivity index (χ4v) is 5.28. The lowest BCUT2D eigenvalue weighted by molar-refractivity contribution is -0.139. The fourth-order valence-electron chi connectivity index (χ4n) is 5.28. The van der Waals surface area contributed by atoms with Crippen LogP contribution in [0.1, 0.15) is 65.7 Å². The van der Waals surface area contributed by atoms with Crippen LogP contribution in [0.4, 0.5) is 10.2 Å². The average Bonchev–Trinajstić information content (AvgIpc) is 3.32. The van der Waals surface area contributed by atoms with Crippen LogP contribution in [0, 0.1) is 5.82 Å². The Kier molecular flexibility index (Phi) is 10.2. The Bertz CT molecular complexity index is 1620. The zero-order chi connectivity index (χ0) is 32.0. The van der Waals surface area contributed by atoms with E-state index in [4.69, 9.17) is 5.11 Å². The van der Waals surface area contributed by atoms with Gasteiger partial charge in [-0.25, -0.2) is 14.2 Å². The van der Waals surface area contributed by atoms with E-state index in [-0.39, 0.29) is 42.4 Å². The number of hydrogen-bond donors (Lipinski definition) is 5. The van der Waals surface area contributed by atoms with Crippen LogP contribution in [-0.4, -0.2) is 60.0 Å². The summed E-state index contributed by atoms with van der Waals surface area (Å²) in [6, 6.07) is 17.6. The predicted octanol–water partition coefficient (Wildman–Crippen LogP) is 5.41. The Labute approximate surface area is 253 Å². The van der Waals surface area contributed by atoms with Crippen LogP contribution >= 0.6 is 0 Å². The number of aromatic carboxylic acids is 1. The van der Waals surface area contributed by atoms with Crippen molar-refractivity contribution < 1.29 is 39.2 Å². The molecule has 2 aromatic heterocycles. The zero-order valence-electron chi connectivity index (χ0n) is 24.3. The molecule has 230 valence electrons. The minimum atomic E-state index is -1.22. The normalized spacial score (nSPS) is 12.6. The second kappa shape index (κ2) is 14.1. The summed E-state index contributed by atoms with van der Waals surface area (Å²) < 4.78 is 15.9. The first kappa shape index (κ1) is 32.1. The molecule has 2 unspecified atom stereocenters. The van der Waals surface area contributed by atoms with Gasteiger partial charge in [0.2, 0.25) is 0 Å². The van der Waals surface area contributed by atoms with Gasteiger partial charge < -0.3 is 30.3 Å². The van der Waals surface area contributed by atoms with Gasteiger partial charge in [0.25, 0.3) is 5.91 Å². The third kappa shape index (κ3) is 7.55. The summed E-state index contributed by atoms with van der Waals surface area (Å²) in [7, 11) is 0. The van der Waals surface area contributed by atoms with Crippen molar-refractivity contribution in [3.05, 3.63) is 95.7 Å². The Morgan fingerprint density at radius 2 is 1.55 bits per heavy atom. The molecule has 10 nitrogen and oxygen atoms in total. The fraction of sp³-hybridized carbons (Fsp3) is 0.273. The molecule has 0 radical (unpaired) electrons. The van der Waals surface area contributed by atoms with E-state index in [0.29, 0.717) is 27.9 Å². The monoisotopic (exact) mass is 603 g/mol. The molecular weight excluding hydrogens is 569 g/mol. The highest BCUT2D eigenvalue weighted by molar-refractivity contribution is 6.11. The second-order valence-electron chi connectivity index (χ2n) is 10.8. The number of carboxylic acids is 2. The van der Waals surface area contributed by atoms with Gasteiger partial charge in [0, 0.05) is 29.1 Å². The molecule has 11 heteroatoms. The number of benzene rings is 2. The second-order valence-corrected chi connectivity index (χ2v) is 10.8. The lowest BCUT2D eigenvalue weighted by Gasteiger charge is -2.20. The van der Waals surface area contributed by atoms with Gasteiger partial charge in [-0.05, 0) is 68.5 Å². The summed E-state index contributed by atoms with van der Waals surface area (Å²) in [6.07, 6.45) is -1.36. The third-order valence-corrected chi connectivity index (χ3v) is 7.15. The van der Waals surface area contributed by atoms with Crippen molar-refractivity contribution in [3.63, 3.8) is 0 Å². The van der Waals surface area contributed by atoms with E-state index in [1.807, 2.05) is 48.7 Å². The Morgan fingerprint density at radius 1 is 0.886 bits per heavy atom. The summed E-state index contributed by atoms with van der Waals surface area (Å²) in [5, 5.41) is 41.8. The number of amides is 1. The van der Waals surface area contributed by atoms with E-state index >= 15 is 0 Å². The molecule has 44 heavy (non-hydrogen) atoms. The van der Waals surface area contributed by atoms with Crippen molar-refractivity contribution in [3.8, 4) is 22.3 Å². The van der Waals surface area contributed by atoms with Crippen LogP contribution in [0.2, 0.25) is 0 Å². The number of rotatable bonds is 13. The minimum Gasteiger partial charge on any atom is -0.481 e. The van der Waals surface area contributed by atoms with Gasteiger partial charge >= 0.3 is 11.9 Å². The molecule has 0 aliphatic heterocycles. The van der Waals surface area contributed by atoms with Gasteiger partial charge in [-0.15, -0.1) is 0 Å². The number of aliphatic hydroxyl groups is 2. The summed E-state index contributed by atoms with van der Waals surface area (Å²) in [5.41, 5.74) is 3.50. The predicted molar refractivity (Wildman–Crippen MR) is 162 cm³/mol. The number of carboxylic acid groups (broad SMARTS) is 2. The maximum Gasteiger partial charge on any atom is 0.337 e. The number of nitrogens with zero attached hydrogens (tertiary/aromatic N) is 2. The van der Waals surface area contributed by atoms with Gasteiger partial charge in [0.1, 0.15) is 17.3 Å². The van der Waals surface area contributed by atoms with Crippen molar-refractivity contribution in [2.24, 2.45) is 0 Å². The number of hydrogen-bond acceptors (Lipinski definition) is 6. The number of carbonyl (C=O) groups excluding carboxylic acids is 1. The van der Waals surface area contributed by atoms with Crippen molar-refractivity contribution in [2.45, 2.75) is 57.8 Å². The van der Waals surface area contributed by atoms with E-state index in [0.717, 1.165) is 6.20 Å². The minimum absolute atomic E-state index is 0.0357. The molecule has 0 aliphatic rings. The number of aliphatic carboxylic acids is 1. The van der Waals surface area contributed by atoms with Crippen molar-refractivity contribution in [2.75, 3.05) is 5.32 Å². The molecule has 0 aliphatic carbocycles. The lowest BCUT2D eigenvalue weighted by atomic mass is 9.92. The summed E-state index contributed by atoms with van der Waals surface area (Å²) >= 11 is 0. The van der Waals surface area contributed by atoms with Crippen LogP contribution in [0.15, 0.2) is 72.9 Å². The van der Waals surface area contributed by atoms with Crippen LogP contribution in [0.3, 0.4) is 0 Å². The highest BCUT2D eigenvalue weighted by Crippen LogP contribution is 2.42. The van der Waals surface area contributed by atoms with Gasteiger partial charge in [0.15, 0.2) is 0 Å². The number of aromatic nitrogens is 2. The van der Waals surface area contributed by atoms with Crippen LogP contribution < -0.4 is 5.32 Å². The van der Waals surface area contributed by atoms with Crippen LogP contribution in [0.5, 0.6) is 0 Å². The maximum atomic E-state index is 14.1. The SMILES string of the molecule is CC(C)n1c(CCC(O)CC(O)CC(=O)O)c(-c2ccc(F)cc2)c(-c2ccccc2)c1C(=O)Nc1ccc(C(=O)O)cn1. The lowest BCUT2D eigenvalue weighted by Crippen LogP contribution is -2.23. The Hall–Kier alpha value is -4.87. The van der Waals surface area contributed by atoms with E-state index in [9.17, 15) is 34.1 Å². The van der Waals surface area contributed by atoms with Crippen LogP contribution in [0.25, 0.3) is 22.3 Å². The summed E-state index contributed by atoms with van der Waals surface area (Å²) in [5.74, 6) is -3.13. The molecule has 2 heterocycles. The number of aliphatic hydroxyl groups excluding tert-OH is 2. The topological polar surface area (TPSA) is 162 Å². The summed E-state index contributed by atoms with van der Waals surface area (Å²) in [4.78, 5) is 40.5. The molecule has 4 aromatic rings. The highest BCUT2D eigenvalue weighted by Gasteiger charge is 2.30. The first-order valence-corrected chi connectivity index (χ1v) is 14.1. The molecule has 0 bridgehead atoms. The molecule has 2 atom stereocenters. The molecular formula is C33H34FN3O7. The average molecular weight is 604 g/mol. The van der Waals surface area contributed by atoms with Crippen molar-refractivity contribution in [1.29, 1.82) is 0 Å². The van der Waals surface area contributed by atoms with E-state index in [1.165, 1.54) is 24.3 Å². The van der Waals surface area contributed by atoms with Gasteiger partial charge in [-0.3, -0.25) is 9.59 Å². The quantitative estimate of drug-likeness (QED) is 0.136. The molecule has 0 spiro atoms. The van der Waals surface area contributed by atoms with Gasteiger partial charge in [-0.2, -0.15) is 0 Å². The molecule has 1 amide bonds. The van der Waals surface area contributed by atoms with E-state index in [1.54, 1.807) is 12.1 Å². The van der Waals surface area contributed by atoms with E-state index < -0.39 is 42.3 Å². The number of carbonyl (C=O) groups is 3. The molecule has 2 aromatic carbocycles. The van der Waals surface area contributed by atoms with Crippen molar-refractivity contribution in [1.82, 2.24) is 9.55 Å². The van der Waals surface area contributed by atoms with Crippen molar-refractivity contribution >= 4 is 23.7 Å². The standard InChI is InChI=1S/C33H34FN3O7/c1-19(2)37-26(14-13-24(38)16-25(39)17-28(40)41)29(21-8-11-23(34)12-9-21)30(20-6-4-3-5-7-20)31(37)32(42)36-27-15-10-22(18-35-27)33(43)44/h3-12,15,18-19,24-25,38-39H,13-14,16-17H2,1-2H3,(H,40,41)(H,43,44)(H,35,36,42). The first-order valence-electron chi connectivity index (χ1n) is 14.1. The maximum absolute atomic E-state index is 14.1. The first-order chi connectivity index (χ1) is 21.0. The molecule has 0 saturated carbocycles. The Balaban J connectivity index is 1.88.